The maximum absolute atomic E-state index is 9.90. The Hall–Kier alpha value is -0.580. The lowest BCUT2D eigenvalue weighted by Crippen LogP contribution is -2.38. The molecule has 3 rings (SSSR count). The minimum atomic E-state index is -0.248. The summed E-state index contributed by atoms with van der Waals surface area (Å²) in [4.78, 5) is 7.14. The molecule has 0 saturated carbocycles. The van der Waals surface area contributed by atoms with E-state index in [0.717, 1.165) is 50.3 Å². The van der Waals surface area contributed by atoms with Crippen LogP contribution in [0.5, 0.6) is 0 Å². The van der Waals surface area contributed by atoms with Gasteiger partial charge in [0, 0.05) is 12.0 Å². The highest BCUT2D eigenvalue weighted by atomic mass is 35.5. The largest absolute Gasteiger partial charge is 0.391 e. The van der Waals surface area contributed by atoms with E-state index >= 15 is 0 Å². The van der Waals surface area contributed by atoms with Gasteiger partial charge in [0.1, 0.15) is 5.82 Å². The molecule has 4 nitrogen and oxygen atoms in total. The average Bonchev–Trinajstić information content (AvgIpc) is 2.75. The lowest BCUT2D eigenvalue weighted by Gasteiger charge is -2.35. The SMILES string of the molecule is CC(C)N1CCC(c2nc(Cl)c3n2CC(O)CC3)CC1. The Labute approximate surface area is 125 Å². The Bertz CT molecular complexity index is 478. The molecule has 1 unspecified atom stereocenters. The molecule has 20 heavy (non-hydrogen) atoms. The number of hydrogen-bond acceptors (Lipinski definition) is 3. The lowest BCUT2D eigenvalue weighted by molar-refractivity contribution is 0.126. The number of hydrogen-bond donors (Lipinski definition) is 1. The van der Waals surface area contributed by atoms with Gasteiger partial charge in [-0.05, 0) is 52.6 Å². The zero-order chi connectivity index (χ0) is 14.3. The van der Waals surface area contributed by atoms with Gasteiger partial charge in [-0.25, -0.2) is 4.98 Å². The molecule has 0 amide bonds. The third-order valence-electron chi connectivity index (χ3n) is 4.79. The van der Waals surface area contributed by atoms with E-state index < -0.39 is 0 Å². The summed E-state index contributed by atoms with van der Waals surface area (Å²) < 4.78 is 2.19. The van der Waals surface area contributed by atoms with Crippen molar-refractivity contribution in [3.8, 4) is 0 Å². The van der Waals surface area contributed by atoms with Gasteiger partial charge in [0.25, 0.3) is 0 Å². The molecule has 2 aliphatic heterocycles. The van der Waals surface area contributed by atoms with Crippen LogP contribution in [-0.4, -0.2) is 44.8 Å². The molecule has 1 fully saturated rings. The molecular formula is C15H24ClN3O. The molecule has 1 aromatic rings. The number of imidazole rings is 1. The van der Waals surface area contributed by atoms with Crippen molar-refractivity contribution in [2.24, 2.45) is 0 Å². The molecule has 0 bridgehead atoms. The molecule has 112 valence electrons. The van der Waals surface area contributed by atoms with Gasteiger partial charge >= 0.3 is 0 Å². The second-order valence-electron chi connectivity index (χ2n) is 6.41. The van der Waals surface area contributed by atoms with Gasteiger partial charge in [-0.3, -0.25) is 0 Å². The zero-order valence-corrected chi connectivity index (χ0v) is 13.1. The maximum atomic E-state index is 9.90. The number of halogens is 1. The van der Waals surface area contributed by atoms with Gasteiger partial charge in [0.15, 0.2) is 5.15 Å². The van der Waals surface area contributed by atoms with E-state index in [2.05, 4.69) is 28.3 Å². The molecule has 1 saturated heterocycles. The highest BCUT2D eigenvalue weighted by Crippen LogP contribution is 2.33. The highest BCUT2D eigenvalue weighted by Gasteiger charge is 2.30. The van der Waals surface area contributed by atoms with E-state index in [-0.39, 0.29) is 6.10 Å². The van der Waals surface area contributed by atoms with Crippen LogP contribution in [0.4, 0.5) is 0 Å². The smallest absolute Gasteiger partial charge is 0.150 e. The summed E-state index contributed by atoms with van der Waals surface area (Å²) >= 11 is 6.28. The first kappa shape index (κ1) is 14.4. The van der Waals surface area contributed by atoms with Crippen LogP contribution in [0.2, 0.25) is 5.15 Å². The summed E-state index contributed by atoms with van der Waals surface area (Å²) in [5.74, 6) is 1.59. The molecule has 5 heteroatoms. The van der Waals surface area contributed by atoms with Crippen LogP contribution in [0.15, 0.2) is 0 Å². The first-order valence-electron chi connectivity index (χ1n) is 7.73. The van der Waals surface area contributed by atoms with E-state index in [1.54, 1.807) is 0 Å². The molecule has 3 heterocycles. The predicted molar refractivity (Wildman–Crippen MR) is 80.2 cm³/mol. The summed E-state index contributed by atoms with van der Waals surface area (Å²) in [5, 5.41) is 10.6. The van der Waals surface area contributed by atoms with Crippen LogP contribution in [0.3, 0.4) is 0 Å². The van der Waals surface area contributed by atoms with Crippen LogP contribution in [0.25, 0.3) is 0 Å². The minimum absolute atomic E-state index is 0.248. The van der Waals surface area contributed by atoms with Crippen LogP contribution in [0, 0.1) is 0 Å². The number of piperidine rings is 1. The Morgan fingerprint density at radius 2 is 1.95 bits per heavy atom. The van der Waals surface area contributed by atoms with Crippen molar-refractivity contribution in [2.75, 3.05) is 13.1 Å². The predicted octanol–water partition coefficient (Wildman–Crippen LogP) is 2.43. The fourth-order valence-corrected chi connectivity index (χ4v) is 3.79. The molecular weight excluding hydrogens is 274 g/mol. The van der Waals surface area contributed by atoms with Crippen molar-refractivity contribution in [3.63, 3.8) is 0 Å². The van der Waals surface area contributed by atoms with Gasteiger partial charge in [-0.1, -0.05) is 11.6 Å². The number of fused-ring (bicyclic) bond motifs is 1. The fraction of sp³-hybridized carbons (Fsp3) is 0.800. The van der Waals surface area contributed by atoms with Crippen LogP contribution < -0.4 is 0 Å². The van der Waals surface area contributed by atoms with Gasteiger partial charge in [0.05, 0.1) is 18.3 Å². The van der Waals surface area contributed by atoms with Crippen molar-refractivity contribution in [1.82, 2.24) is 14.5 Å². The second-order valence-corrected chi connectivity index (χ2v) is 6.77. The summed E-state index contributed by atoms with van der Waals surface area (Å²) in [7, 11) is 0. The third-order valence-corrected chi connectivity index (χ3v) is 5.09. The van der Waals surface area contributed by atoms with Crippen LogP contribution >= 0.6 is 11.6 Å². The van der Waals surface area contributed by atoms with Crippen molar-refractivity contribution >= 4 is 11.6 Å². The van der Waals surface area contributed by atoms with E-state index in [1.807, 2.05) is 0 Å². The molecule has 1 aromatic heterocycles. The number of likely N-dealkylation sites (tertiary alicyclic amines) is 1. The standard InChI is InChI=1S/C15H24ClN3O/c1-10(2)18-7-5-11(6-8-18)15-17-14(16)13-4-3-12(20)9-19(13)15/h10-12,20H,3-9H2,1-2H3. The number of aromatic nitrogens is 2. The molecule has 2 aliphatic rings. The number of aliphatic hydroxyl groups is 1. The van der Waals surface area contributed by atoms with Gasteiger partial charge < -0.3 is 14.6 Å². The Morgan fingerprint density at radius 1 is 1.25 bits per heavy atom. The summed E-state index contributed by atoms with van der Waals surface area (Å²) in [5.41, 5.74) is 1.12. The average molecular weight is 298 g/mol. The van der Waals surface area contributed by atoms with E-state index in [9.17, 15) is 5.11 Å². The van der Waals surface area contributed by atoms with Crippen molar-refractivity contribution < 1.29 is 5.11 Å². The highest BCUT2D eigenvalue weighted by molar-refractivity contribution is 6.30. The summed E-state index contributed by atoms with van der Waals surface area (Å²) in [6.07, 6.45) is 3.68. The van der Waals surface area contributed by atoms with Gasteiger partial charge in [0.2, 0.25) is 0 Å². The first-order chi connectivity index (χ1) is 9.56. The normalized spacial score (nSPS) is 25.1. The Morgan fingerprint density at radius 3 is 2.60 bits per heavy atom. The molecule has 1 atom stereocenters. The molecule has 0 radical (unpaired) electrons. The first-order valence-corrected chi connectivity index (χ1v) is 8.11. The Kier molecular flexibility index (Phi) is 4.07. The molecule has 0 aromatic carbocycles. The molecule has 1 N–H and O–H groups in total. The lowest BCUT2D eigenvalue weighted by atomic mass is 9.94. The summed E-state index contributed by atoms with van der Waals surface area (Å²) in [6, 6.07) is 0.621. The van der Waals surface area contributed by atoms with Crippen molar-refractivity contribution in [2.45, 2.75) is 64.1 Å². The molecule has 0 aliphatic carbocycles. The number of nitrogens with zero attached hydrogens (tertiary/aromatic N) is 3. The number of rotatable bonds is 2. The maximum Gasteiger partial charge on any atom is 0.150 e. The molecule has 0 spiro atoms. The second kappa shape index (κ2) is 5.66. The van der Waals surface area contributed by atoms with E-state index in [0.29, 0.717) is 23.7 Å². The zero-order valence-electron chi connectivity index (χ0n) is 12.3. The van der Waals surface area contributed by atoms with Crippen molar-refractivity contribution in [3.05, 3.63) is 16.7 Å². The number of aliphatic hydroxyl groups excluding tert-OH is 1. The van der Waals surface area contributed by atoms with Crippen LogP contribution in [0.1, 0.15) is 50.5 Å². The van der Waals surface area contributed by atoms with Crippen molar-refractivity contribution in [1.29, 1.82) is 0 Å². The van der Waals surface area contributed by atoms with Gasteiger partial charge in [-0.15, -0.1) is 0 Å². The minimum Gasteiger partial charge on any atom is -0.391 e. The van der Waals surface area contributed by atoms with E-state index in [1.165, 1.54) is 0 Å². The monoisotopic (exact) mass is 297 g/mol. The Balaban J connectivity index is 1.78. The van der Waals surface area contributed by atoms with E-state index in [4.69, 9.17) is 11.6 Å². The topological polar surface area (TPSA) is 41.3 Å². The van der Waals surface area contributed by atoms with Crippen LogP contribution in [-0.2, 0) is 13.0 Å². The quantitative estimate of drug-likeness (QED) is 0.911. The fourth-order valence-electron chi connectivity index (χ4n) is 3.51. The third kappa shape index (κ3) is 2.61. The summed E-state index contributed by atoms with van der Waals surface area (Å²) in [6.45, 7) is 7.43. The van der Waals surface area contributed by atoms with Gasteiger partial charge in [-0.2, -0.15) is 0 Å².